The second-order valence-electron chi connectivity index (χ2n) is 4.72. The van der Waals surface area contributed by atoms with E-state index in [4.69, 9.17) is 0 Å². The van der Waals surface area contributed by atoms with E-state index in [1.165, 1.54) is 11.0 Å². The zero-order chi connectivity index (χ0) is 15.1. The lowest BCUT2D eigenvalue weighted by molar-refractivity contribution is 0.517. The molecule has 0 saturated heterocycles. The van der Waals surface area contributed by atoms with E-state index in [-0.39, 0.29) is 0 Å². The smallest absolute Gasteiger partial charge is 0.258 e. The van der Waals surface area contributed by atoms with Gasteiger partial charge in [-0.3, -0.25) is 0 Å². The van der Waals surface area contributed by atoms with Gasteiger partial charge in [0.25, 0.3) is 5.95 Å². The van der Waals surface area contributed by atoms with Crippen LogP contribution in [0.25, 0.3) is 5.95 Å². The lowest BCUT2D eigenvalue weighted by Crippen LogP contribution is -2.17. The van der Waals surface area contributed by atoms with Crippen molar-refractivity contribution in [3.8, 4) is 5.95 Å². The van der Waals surface area contributed by atoms with Crippen molar-refractivity contribution in [3.05, 3.63) is 12.7 Å². The van der Waals surface area contributed by atoms with Crippen LogP contribution in [0.2, 0.25) is 0 Å². The van der Waals surface area contributed by atoms with Gasteiger partial charge in [0, 0.05) is 13.1 Å². The first-order valence-corrected chi connectivity index (χ1v) is 7.35. The van der Waals surface area contributed by atoms with Crippen LogP contribution in [0.3, 0.4) is 0 Å². The summed E-state index contributed by atoms with van der Waals surface area (Å²) in [5.41, 5.74) is 0. The summed E-state index contributed by atoms with van der Waals surface area (Å²) in [7, 11) is 0. The molecule has 0 amide bonds. The zero-order valence-electron chi connectivity index (χ0n) is 12.7. The van der Waals surface area contributed by atoms with E-state index in [0.29, 0.717) is 23.8 Å². The average molecular weight is 290 g/mol. The Bertz CT molecular complexity index is 535. The van der Waals surface area contributed by atoms with Crippen LogP contribution in [-0.2, 0) is 0 Å². The molecule has 0 atom stereocenters. The summed E-state index contributed by atoms with van der Waals surface area (Å²) in [6, 6.07) is 0. The third kappa shape index (κ3) is 4.11. The van der Waals surface area contributed by atoms with Crippen LogP contribution in [0.1, 0.15) is 33.6 Å². The fourth-order valence-electron chi connectivity index (χ4n) is 1.91. The number of nitrogens with zero attached hydrogens (tertiary/aromatic N) is 6. The fraction of sp³-hybridized carbons (Fsp3) is 0.615. The van der Waals surface area contributed by atoms with Crippen molar-refractivity contribution >= 4 is 11.9 Å². The second kappa shape index (κ2) is 7.51. The number of hydrogen-bond acceptors (Lipinski definition) is 7. The molecule has 21 heavy (non-hydrogen) atoms. The molecule has 8 heteroatoms. The van der Waals surface area contributed by atoms with Gasteiger partial charge in [0.05, 0.1) is 0 Å². The highest BCUT2D eigenvalue weighted by Gasteiger charge is 2.10. The summed E-state index contributed by atoms with van der Waals surface area (Å²) in [4.78, 5) is 17.0. The van der Waals surface area contributed by atoms with Crippen LogP contribution >= 0.6 is 0 Å². The van der Waals surface area contributed by atoms with Crippen molar-refractivity contribution in [1.29, 1.82) is 0 Å². The fourth-order valence-corrected chi connectivity index (χ4v) is 1.91. The summed E-state index contributed by atoms with van der Waals surface area (Å²) in [6.45, 7) is 7.96. The van der Waals surface area contributed by atoms with E-state index >= 15 is 0 Å². The molecule has 8 nitrogen and oxygen atoms in total. The van der Waals surface area contributed by atoms with Crippen LogP contribution in [0.4, 0.5) is 11.9 Å². The summed E-state index contributed by atoms with van der Waals surface area (Å²) >= 11 is 0. The van der Waals surface area contributed by atoms with Gasteiger partial charge in [-0.25, -0.2) is 4.98 Å². The van der Waals surface area contributed by atoms with Gasteiger partial charge in [-0.05, 0) is 12.8 Å². The van der Waals surface area contributed by atoms with Gasteiger partial charge < -0.3 is 10.6 Å². The van der Waals surface area contributed by atoms with Gasteiger partial charge >= 0.3 is 0 Å². The summed E-state index contributed by atoms with van der Waals surface area (Å²) in [5, 5.41) is 10.4. The van der Waals surface area contributed by atoms with Crippen molar-refractivity contribution in [2.24, 2.45) is 5.92 Å². The molecule has 0 fully saturated rings. The molecule has 0 aliphatic carbocycles. The van der Waals surface area contributed by atoms with Gasteiger partial charge in [0.15, 0.2) is 0 Å². The quantitative estimate of drug-likeness (QED) is 0.764. The maximum atomic E-state index is 4.39. The molecule has 2 aromatic rings. The molecule has 0 aliphatic heterocycles. The van der Waals surface area contributed by atoms with Crippen LogP contribution in [0.5, 0.6) is 0 Å². The molecule has 0 bridgehead atoms. The van der Waals surface area contributed by atoms with Crippen molar-refractivity contribution < 1.29 is 0 Å². The first-order chi connectivity index (χ1) is 10.3. The minimum absolute atomic E-state index is 0.450. The highest BCUT2D eigenvalue weighted by Crippen LogP contribution is 2.11. The Morgan fingerprint density at radius 3 is 2.33 bits per heavy atom. The Labute approximate surface area is 124 Å². The van der Waals surface area contributed by atoms with Crippen LogP contribution in [0, 0.1) is 5.92 Å². The minimum atomic E-state index is 0.450. The molecule has 2 aromatic heterocycles. The maximum absolute atomic E-state index is 4.39. The van der Waals surface area contributed by atoms with Gasteiger partial charge in [0.1, 0.15) is 12.7 Å². The summed E-state index contributed by atoms with van der Waals surface area (Å²) in [6.07, 6.45) is 5.28. The third-order valence-corrected chi connectivity index (χ3v) is 3.29. The second-order valence-corrected chi connectivity index (χ2v) is 4.72. The van der Waals surface area contributed by atoms with Crippen LogP contribution in [-0.4, -0.2) is 42.8 Å². The summed E-state index contributed by atoms with van der Waals surface area (Å²) < 4.78 is 1.52. The Hall–Kier alpha value is -2.25. The van der Waals surface area contributed by atoms with Crippen molar-refractivity contribution in [2.45, 2.75) is 33.6 Å². The normalized spacial score (nSPS) is 10.9. The van der Waals surface area contributed by atoms with Crippen molar-refractivity contribution in [3.63, 3.8) is 0 Å². The first-order valence-electron chi connectivity index (χ1n) is 7.35. The Morgan fingerprint density at radius 2 is 1.76 bits per heavy atom. The van der Waals surface area contributed by atoms with Crippen LogP contribution < -0.4 is 10.6 Å². The molecule has 0 unspecified atom stereocenters. The molecule has 2 heterocycles. The first kappa shape index (κ1) is 15.1. The molecule has 0 radical (unpaired) electrons. The molecule has 0 saturated carbocycles. The maximum Gasteiger partial charge on any atom is 0.258 e. The monoisotopic (exact) mass is 290 g/mol. The highest BCUT2D eigenvalue weighted by atomic mass is 15.4. The molecule has 0 aliphatic rings. The number of nitrogens with one attached hydrogen (secondary N) is 2. The van der Waals surface area contributed by atoms with E-state index in [1.807, 2.05) is 6.92 Å². The zero-order valence-corrected chi connectivity index (χ0v) is 12.7. The largest absolute Gasteiger partial charge is 0.354 e. The number of hydrogen-bond donors (Lipinski definition) is 2. The van der Waals surface area contributed by atoms with Crippen molar-refractivity contribution in [2.75, 3.05) is 23.7 Å². The van der Waals surface area contributed by atoms with E-state index in [2.05, 4.69) is 49.5 Å². The lowest BCUT2D eigenvalue weighted by atomic mass is 10.0. The number of rotatable bonds is 8. The van der Waals surface area contributed by atoms with E-state index < -0.39 is 0 Å². The van der Waals surface area contributed by atoms with Gasteiger partial charge in [-0.15, -0.1) is 0 Å². The Kier molecular flexibility index (Phi) is 5.42. The molecular weight excluding hydrogens is 268 g/mol. The standard InChI is InChI=1S/C13H22N8/c1-4-10(5-2)7-16-12-18-11(15-6-3)19-13(20-12)21-9-14-8-17-21/h8-10H,4-7H2,1-3H3,(H2,15,16,18,19,20). The molecule has 2 N–H and O–H groups in total. The number of anilines is 2. The Morgan fingerprint density at radius 1 is 1.05 bits per heavy atom. The summed E-state index contributed by atoms with van der Waals surface area (Å²) in [5.74, 6) is 2.15. The average Bonchev–Trinajstić information content (AvgIpc) is 3.03. The SMILES string of the molecule is CCNc1nc(NCC(CC)CC)nc(-n2cncn2)n1. The van der Waals surface area contributed by atoms with Crippen molar-refractivity contribution in [1.82, 2.24) is 29.7 Å². The van der Waals surface area contributed by atoms with E-state index in [0.717, 1.165) is 25.9 Å². The van der Waals surface area contributed by atoms with E-state index in [9.17, 15) is 0 Å². The predicted octanol–water partition coefficient (Wildman–Crippen LogP) is 1.73. The van der Waals surface area contributed by atoms with Gasteiger partial charge in [-0.1, -0.05) is 26.7 Å². The number of aromatic nitrogens is 6. The van der Waals surface area contributed by atoms with Gasteiger partial charge in [0.2, 0.25) is 11.9 Å². The van der Waals surface area contributed by atoms with Crippen LogP contribution in [0.15, 0.2) is 12.7 Å². The Balaban J connectivity index is 2.19. The molecule has 114 valence electrons. The topological polar surface area (TPSA) is 93.4 Å². The lowest BCUT2D eigenvalue weighted by Gasteiger charge is -2.14. The predicted molar refractivity (Wildman–Crippen MR) is 81.5 cm³/mol. The molecular formula is C13H22N8. The highest BCUT2D eigenvalue weighted by molar-refractivity contribution is 5.37. The van der Waals surface area contributed by atoms with E-state index in [1.54, 1.807) is 6.33 Å². The minimum Gasteiger partial charge on any atom is -0.354 e. The molecule has 0 aromatic carbocycles. The molecule has 2 rings (SSSR count). The molecule has 0 spiro atoms. The van der Waals surface area contributed by atoms with Gasteiger partial charge in [-0.2, -0.15) is 24.7 Å². The third-order valence-electron chi connectivity index (χ3n) is 3.29.